The molecule has 1 amide bonds. The van der Waals surface area contributed by atoms with Crippen LogP contribution in [0.25, 0.3) is 16.8 Å². The number of hydrogen-bond acceptors (Lipinski definition) is 5. The predicted molar refractivity (Wildman–Crippen MR) is 83.8 cm³/mol. The summed E-state index contributed by atoms with van der Waals surface area (Å²) in [5.41, 5.74) is 5.96. The van der Waals surface area contributed by atoms with Crippen LogP contribution in [0.4, 0.5) is 0 Å². The fraction of sp³-hybridized carbons (Fsp3) is 0.125. The maximum absolute atomic E-state index is 11.2. The Kier molecular flexibility index (Phi) is 4.01. The number of carbonyl (C=O) groups excluding carboxylic acids is 1. The van der Waals surface area contributed by atoms with Crippen molar-refractivity contribution >= 4 is 5.91 Å². The molecule has 3 aromatic rings. The third-order valence-corrected chi connectivity index (χ3v) is 3.32. The van der Waals surface area contributed by atoms with Crippen molar-refractivity contribution in [3.05, 3.63) is 54.4 Å². The van der Waals surface area contributed by atoms with Gasteiger partial charge in [0.15, 0.2) is 5.75 Å². The zero-order valence-corrected chi connectivity index (χ0v) is 12.7. The fourth-order valence-electron chi connectivity index (χ4n) is 2.32. The number of amides is 1. The maximum Gasteiger partial charge on any atom is 0.249 e. The number of hydroxylamine groups is 1. The second kappa shape index (κ2) is 6.27. The number of tetrazole rings is 1. The lowest BCUT2D eigenvalue weighted by molar-refractivity contribution is -0.125. The molecule has 3 rings (SSSR count). The van der Waals surface area contributed by atoms with Gasteiger partial charge in [-0.1, -0.05) is 30.3 Å². The number of nitrogens with one attached hydrogen (secondary N) is 1. The van der Waals surface area contributed by atoms with E-state index in [4.69, 9.17) is 4.84 Å². The molecule has 0 fully saturated rings. The standard InChI is InChI=1S/C16H15N5O2/c1-11-6-3-4-7-13(11)16-14(21-10-17-19-20-21)8-5-9-15(16)23-18-12(2)22/h3-10H,1-2H3,(H,18,22). The average Bonchev–Trinajstić information content (AvgIpc) is 3.07. The topological polar surface area (TPSA) is 81.9 Å². The Bertz CT molecular complexity index is 830. The molecule has 7 nitrogen and oxygen atoms in total. The van der Waals surface area contributed by atoms with Gasteiger partial charge in [0.1, 0.15) is 6.33 Å². The highest BCUT2D eigenvalue weighted by molar-refractivity contribution is 5.81. The molecule has 0 saturated carbocycles. The number of hydrogen-bond donors (Lipinski definition) is 1. The molecule has 0 spiro atoms. The molecule has 0 unspecified atom stereocenters. The lowest BCUT2D eigenvalue weighted by Gasteiger charge is -2.16. The molecule has 1 aromatic heterocycles. The molecule has 116 valence electrons. The second-order valence-corrected chi connectivity index (χ2v) is 4.98. The van der Waals surface area contributed by atoms with Gasteiger partial charge in [-0.15, -0.1) is 5.10 Å². The van der Waals surface area contributed by atoms with Gasteiger partial charge in [-0.25, -0.2) is 0 Å². The monoisotopic (exact) mass is 309 g/mol. The van der Waals surface area contributed by atoms with Crippen LogP contribution in [0.3, 0.4) is 0 Å². The van der Waals surface area contributed by atoms with Crippen LogP contribution in [-0.2, 0) is 4.79 Å². The van der Waals surface area contributed by atoms with Crippen LogP contribution >= 0.6 is 0 Å². The quantitative estimate of drug-likeness (QED) is 0.746. The van der Waals surface area contributed by atoms with Crippen molar-refractivity contribution in [2.75, 3.05) is 0 Å². The van der Waals surface area contributed by atoms with E-state index in [2.05, 4.69) is 21.0 Å². The maximum atomic E-state index is 11.2. The molecule has 1 heterocycles. The summed E-state index contributed by atoms with van der Waals surface area (Å²) in [5.74, 6) is 0.232. The summed E-state index contributed by atoms with van der Waals surface area (Å²) in [6, 6.07) is 13.4. The zero-order valence-electron chi connectivity index (χ0n) is 12.7. The Labute approximate surface area is 132 Å². The van der Waals surface area contributed by atoms with E-state index in [1.165, 1.54) is 13.3 Å². The van der Waals surface area contributed by atoms with Crippen molar-refractivity contribution in [2.45, 2.75) is 13.8 Å². The minimum atomic E-state index is -0.284. The van der Waals surface area contributed by atoms with E-state index in [-0.39, 0.29) is 5.91 Å². The van der Waals surface area contributed by atoms with Gasteiger partial charge in [0.25, 0.3) is 0 Å². The largest absolute Gasteiger partial charge is 0.379 e. The first-order chi connectivity index (χ1) is 11.2. The first-order valence-corrected chi connectivity index (χ1v) is 7.02. The summed E-state index contributed by atoms with van der Waals surface area (Å²) in [5, 5.41) is 11.3. The van der Waals surface area contributed by atoms with Crippen LogP contribution in [0.1, 0.15) is 12.5 Å². The first kappa shape index (κ1) is 14.7. The van der Waals surface area contributed by atoms with Crippen molar-refractivity contribution in [3.8, 4) is 22.6 Å². The highest BCUT2D eigenvalue weighted by Crippen LogP contribution is 2.36. The molecule has 2 aromatic carbocycles. The number of carbonyl (C=O) groups is 1. The van der Waals surface area contributed by atoms with E-state index in [9.17, 15) is 4.79 Å². The van der Waals surface area contributed by atoms with E-state index in [1.54, 1.807) is 10.7 Å². The number of aryl methyl sites for hydroxylation is 1. The SMILES string of the molecule is CC(=O)NOc1cccc(-n2cnnn2)c1-c1ccccc1C. The summed E-state index contributed by atoms with van der Waals surface area (Å²) in [7, 11) is 0. The Balaban J connectivity index is 2.20. The summed E-state index contributed by atoms with van der Waals surface area (Å²) in [6.45, 7) is 3.40. The van der Waals surface area contributed by atoms with Gasteiger partial charge in [0.05, 0.1) is 11.3 Å². The van der Waals surface area contributed by atoms with Crippen molar-refractivity contribution in [2.24, 2.45) is 0 Å². The lowest BCUT2D eigenvalue weighted by Crippen LogP contribution is -2.24. The highest BCUT2D eigenvalue weighted by atomic mass is 16.7. The molecular formula is C16H15N5O2. The van der Waals surface area contributed by atoms with E-state index in [1.807, 2.05) is 43.3 Å². The van der Waals surface area contributed by atoms with Gasteiger partial charge >= 0.3 is 0 Å². The van der Waals surface area contributed by atoms with Crippen molar-refractivity contribution in [1.82, 2.24) is 25.7 Å². The van der Waals surface area contributed by atoms with Crippen molar-refractivity contribution < 1.29 is 9.63 Å². The molecule has 0 saturated heterocycles. The lowest BCUT2D eigenvalue weighted by atomic mass is 9.98. The molecule has 23 heavy (non-hydrogen) atoms. The third-order valence-electron chi connectivity index (χ3n) is 3.32. The van der Waals surface area contributed by atoms with Crippen molar-refractivity contribution in [3.63, 3.8) is 0 Å². The Morgan fingerprint density at radius 3 is 2.70 bits per heavy atom. The molecule has 0 radical (unpaired) electrons. The van der Waals surface area contributed by atoms with Crippen LogP contribution in [0.2, 0.25) is 0 Å². The van der Waals surface area contributed by atoms with Crippen LogP contribution in [0, 0.1) is 6.92 Å². The minimum absolute atomic E-state index is 0.284. The zero-order chi connectivity index (χ0) is 16.2. The molecule has 0 aliphatic carbocycles. The normalized spacial score (nSPS) is 10.3. The van der Waals surface area contributed by atoms with E-state index < -0.39 is 0 Å². The number of aromatic nitrogens is 4. The fourth-order valence-corrected chi connectivity index (χ4v) is 2.32. The van der Waals surface area contributed by atoms with Gasteiger partial charge in [-0.3, -0.25) is 4.79 Å². The molecular weight excluding hydrogens is 294 g/mol. The van der Waals surface area contributed by atoms with Gasteiger partial charge in [-0.05, 0) is 40.6 Å². The van der Waals surface area contributed by atoms with E-state index >= 15 is 0 Å². The molecule has 0 aliphatic heterocycles. The van der Waals surface area contributed by atoms with Gasteiger partial charge in [0, 0.05) is 6.92 Å². The summed E-state index contributed by atoms with van der Waals surface area (Å²) < 4.78 is 1.56. The van der Waals surface area contributed by atoms with Gasteiger partial charge in [0.2, 0.25) is 5.91 Å². The molecule has 1 N–H and O–H groups in total. The number of rotatable bonds is 4. The molecule has 0 bridgehead atoms. The van der Waals surface area contributed by atoms with E-state index in [0.29, 0.717) is 5.75 Å². The first-order valence-electron chi connectivity index (χ1n) is 7.02. The predicted octanol–water partition coefficient (Wildman–Crippen LogP) is 2.07. The summed E-state index contributed by atoms with van der Waals surface area (Å²) in [6.07, 6.45) is 1.51. The molecule has 7 heteroatoms. The smallest absolute Gasteiger partial charge is 0.249 e. The van der Waals surface area contributed by atoms with Crippen molar-refractivity contribution in [1.29, 1.82) is 0 Å². The summed E-state index contributed by atoms with van der Waals surface area (Å²) >= 11 is 0. The Hall–Kier alpha value is -3.22. The van der Waals surface area contributed by atoms with Crippen LogP contribution in [0.5, 0.6) is 5.75 Å². The van der Waals surface area contributed by atoms with Crippen LogP contribution in [0.15, 0.2) is 48.8 Å². The third kappa shape index (κ3) is 3.03. The van der Waals surface area contributed by atoms with Gasteiger partial charge < -0.3 is 4.84 Å². The molecule has 0 aliphatic rings. The number of benzene rings is 2. The van der Waals surface area contributed by atoms with Gasteiger partial charge in [-0.2, -0.15) is 10.2 Å². The highest BCUT2D eigenvalue weighted by Gasteiger charge is 2.16. The average molecular weight is 309 g/mol. The van der Waals surface area contributed by atoms with E-state index in [0.717, 1.165) is 22.4 Å². The van der Waals surface area contributed by atoms with Crippen LogP contribution in [-0.4, -0.2) is 26.1 Å². The Morgan fingerprint density at radius 2 is 2.00 bits per heavy atom. The minimum Gasteiger partial charge on any atom is -0.379 e. The summed E-state index contributed by atoms with van der Waals surface area (Å²) in [4.78, 5) is 16.6. The Morgan fingerprint density at radius 1 is 1.17 bits per heavy atom. The molecule has 0 atom stereocenters. The van der Waals surface area contributed by atoms with Crippen LogP contribution < -0.4 is 10.3 Å². The number of nitrogens with zero attached hydrogens (tertiary/aromatic N) is 4. The second-order valence-electron chi connectivity index (χ2n) is 4.98.